The van der Waals surface area contributed by atoms with Crippen LogP contribution in [0.3, 0.4) is 0 Å². The predicted octanol–water partition coefficient (Wildman–Crippen LogP) is 2.27. The summed E-state index contributed by atoms with van der Waals surface area (Å²) in [6.07, 6.45) is 0. The molecule has 0 aromatic heterocycles. The molecule has 5 heteroatoms. The van der Waals surface area contributed by atoms with Crippen LogP contribution in [0.4, 0.5) is 10.1 Å². The highest BCUT2D eigenvalue weighted by Crippen LogP contribution is 2.16. The molecule has 0 spiro atoms. The van der Waals surface area contributed by atoms with E-state index in [9.17, 15) is 8.60 Å². The highest BCUT2D eigenvalue weighted by Gasteiger charge is 2.09. The molecule has 0 aliphatic rings. The number of benzene rings is 1. The molecular weight excluding hydrogens is 233 g/mol. The maximum absolute atomic E-state index is 13.3. The van der Waals surface area contributed by atoms with E-state index in [0.29, 0.717) is 11.4 Å². The van der Waals surface area contributed by atoms with Crippen molar-refractivity contribution >= 4 is 28.2 Å². The van der Waals surface area contributed by atoms with Crippen molar-refractivity contribution in [2.75, 3.05) is 23.0 Å². The molecule has 1 aromatic rings. The van der Waals surface area contributed by atoms with Crippen LogP contribution in [-0.2, 0) is 10.8 Å². The van der Waals surface area contributed by atoms with Gasteiger partial charge in [0.1, 0.15) is 5.82 Å². The molecule has 0 heterocycles. The van der Waals surface area contributed by atoms with Crippen LogP contribution in [0.2, 0.25) is 0 Å². The Bertz CT molecular complexity index is 357. The summed E-state index contributed by atoms with van der Waals surface area (Å²) in [5, 5.41) is 0. The third kappa shape index (κ3) is 3.83. The molecule has 0 fully saturated rings. The number of thioether (sulfide) groups is 1. The van der Waals surface area contributed by atoms with E-state index in [1.54, 1.807) is 17.8 Å². The number of hydrogen-bond donors (Lipinski definition) is 1. The smallest absolute Gasteiger partial charge is 0.141 e. The third-order valence-electron chi connectivity index (χ3n) is 1.82. The number of hydrogen-bond acceptors (Lipinski definition) is 3. The van der Waals surface area contributed by atoms with Gasteiger partial charge in [0.05, 0.1) is 15.7 Å². The average Bonchev–Trinajstić information content (AvgIpc) is 2.17. The lowest BCUT2D eigenvalue weighted by atomic mass is 10.3. The Morgan fingerprint density at radius 2 is 2.27 bits per heavy atom. The number of nitrogen functional groups attached to an aromatic ring is 1. The van der Waals surface area contributed by atoms with Crippen LogP contribution >= 0.6 is 11.8 Å². The van der Waals surface area contributed by atoms with E-state index in [2.05, 4.69) is 0 Å². The Balaban J connectivity index is 2.65. The number of rotatable bonds is 5. The maximum atomic E-state index is 13.3. The minimum Gasteiger partial charge on any atom is -0.399 e. The van der Waals surface area contributed by atoms with Crippen LogP contribution in [0.15, 0.2) is 23.1 Å². The number of anilines is 1. The first-order valence-corrected chi connectivity index (χ1v) is 7.13. The van der Waals surface area contributed by atoms with Crippen LogP contribution in [-0.4, -0.2) is 21.5 Å². The molecule has 0 saturated carbocycles. The first-order chi connectivity index (χ1) is 7.15. The van der Waals surface area contributed by atoms with Crippen molar-refractivity contribution in [3.8, 4) is 0 Å². The highest BCUT2D eigenvalue weighted by molar-refractivity contribution is 8.00. The first kappa shape index (κ1) is 12.5. The molecule has 0 amide bonds. The van der Waals surface area contributed by atoms with Crippen molar-refractivity contribution in [1.29, 1.82) is 0 Å². The van der Waals surface area contributed by atoms with Crippen molar-refractivity contribution in [3.05, 3.63) is 24.0 Å². The summed E-state index contributed by atoms with van der Waals surface area (Å²) in [5.41, 5.74) is 5.76. The topological polar surface area (TPSA) is 43.1 Å². The van der Waals surface area contributed by atoms with E-state index >= 15 is 0 Å². The summed E-state index contributed by atoms with van der Waals surface area (Å²) in [6.45, 7) is 2.04. The zero-order valence-corrected chi connectivity index (χ0v) is 10.2. The van der Waals surface area contributed by atoms with Crippen molar-refractivity contribution in [2.45, 2.75) is 11.8 Å². The molecule has 0 aliphatic heterocycles. The second-order valence-corrected chi connectivity index (χ2v) is 5.87. The second-order valence-electron chi connectivity index (χ2n) is 2.94. The van der Waals surface area contributed by atoms with E-state index < -0.39 is 16.6 Å². The van der Waals surface area contributed by atoms with E-state index in [0.717, 1.165) is 11.5 Å². The van der Waals surface area contributed by atoms with E-state index in [1.807, 2.05) is 6.92 Å². The van der Waals surface area contributed by atoms with Crippen LogP contribution < -0.4 is 5.73 Å². The molecule has 0 aliphatic carbocycles. The van der Waals surface area contributed by atoms with Gasteiger partial charge in [0, 0.05) is 17.2 Å². The molecule has 2 nitrogen and oxygen atoms in total. The van der Waals surface area contributed by atoms with Crippen molar-refractivity contribution in [2.24, 2.45) is 0 Å². The first-order valence-electron chi connectivity index (χ1n) is 4.66. The van der Waals surface area contributed by atoms with Gasteiger partial charge in [-0.1, -0.05) is 6.92 Å². The molecule has 0 radical (unpaired) electrons. The molecule has 1 atom stereocenters. The van der Waals surface area contributed by atoms with Crippen LogP contribution in [0.25, 0.3) is 0 Å². The van der Waals surface area contributed by atoms with Gasteiger partial charge in [0.25, 0.3) is 0 Å². The lowest BCUT2D eigenvalue weighted by Crippen LogP contribution is -2.03. The van der Waals surface area contributed by atoms with E-state index in [-0.39, 0.29) is 4.90 Å². The maximum Gasteiger partial charge on any atom is 0.141 e. The lowest BCUT2D eigenvalue weighted by Gasteiger charge is -2.03. The normalized spacial score (nSPS) is 12.7. The zero-order valence-electron chi connectivity index (χ0n) is 8.53. The zero-order chi connectivity index (χ0) is 11.3. The molecule has 1 rings (SSSR count). The van der Waals surface area contributed by atoms with Gasteiger partial charge in [0.2, 0.25) is 0 Å². The minimum absolute atomic E-state index is 0.251. The third-order valence-corrected chi connectivity index (χ3v) is 4.37. The Morgan fingerprint density at radius 1 is 1.53 bits per heavy atom. The molecule has 15 heavy (non-hydrogen) atoms. The van der Waals surface area contributed by atoms with Crippen LogP contribution in [0.1, 0.15) is 6.92 Å². The molecule has 0 saturated heterocycles. The van der Waals surface area contributed by atoms with Gasteiger partial charge >= 0.3 is 0 Å². The standard InChI is InChI=1S/C10H14FNOS2/c1-2-14-5-6-15(13)10-4-3-8(12)7-9(10)11/h3-4,7H,2,5-6,12H2,1H3. The summed E-state index contributed by atoms with van der Waals surface area (Å²) in [5.74, 6) is 1.78. The molecule has 1 aromatic carbocycles. The Hall–Kier alpha value is -0.550. The minimum atomic E-state index is -1.26. The summed E-state index contributed by atoms with van der Waals surface area (Å²) < 4.78 is 25.0. The Labute approximate surface area is 95.9 Å². The number of halogens is 1. The quantitative estimate of drug-likeness (QED) is 0.641. The van der Waals surface area contributed by atoms with Crippen molar-refractivity contribution < 1.29 is 8.60 Å². The van der Waals surface area contributed by atoms with Gasteiger partial charge in [-0.15, -0.1) is 0 Å². The lowest BCUT2D eigenvalue weighted by molar-refractivity contribution is 0.596. The average molecular weight is 247 g/mol. The molecule has 84 valence electrons. The van der Waals surface area contributed by atoms with Gasteiger partial charge in [-0.05, 0) is 24.0 Å². The predicted molar refractivity (Wildman–Crippen MR) is 65.1 cm³/mol. The summed E-state index contributed by atoms with van der Waals surface area (Å²) >= 11 is 1.70. The Kier molecular flexibility index (Phi) is 5.11. The highest BCUT2D eigenvalue weighted by atomic mass is 32.2. The van der Waals surface area contributed by atoms with Gasteiger partial charge in [0.15, 0.2) is 0 Å². The SMILES string of the molecule is CCSCCS(=O)c1ccc(N)cc1F. The van der Waals surface area contributed by atoms with E-state index in [4.69, 9.17) is 5.73 Å². The monoisotopic (exact) mass is 247 g/mol. The van der Waals surface area contributed by atoms with Gasteiger partial charge < -0.3 is 5.73 Å². The van der Waals surface area contributed by atoms with Crippen LogP contribution in [0.5, 0.6) is 0 Å². The second kappa shape index (κ2) is 6.12. The fourth-order valence-electron chi connectivity index (χ4n) is 1.09. The largest absolute Gasteiger partial charge is 0.399 e. The summed E-state index contributed by atoms with van der Waals surface area (Å²) in [4.78, 5) is 0.251. The Morgan fingerprint density at radius 3 is 2.87 bits per heavy atom. The van der Waals surface area contributed by atoms with Crippen molar-refractivity contribution in [3.63, 3.8) is 0 Å². The van der Waals surface area contributed by atoms with E-state index in [1.165, 1.54) is 12.1 Å². The molecule has 1 unspecified atom stereocenters. The van der Waals surface area contributed by atoms with Gasteiger partial charge in [-0.3, -0.25) is 4.21 Å². The van der Waals surface area contributed by atoms with Gasteiger partial charge in [-0.25, -0.2) is 4.39 Å². The fraction of sp³-hybridized carbons (Fsp3) is 0.400. The van der Waals surface area contributed by atoms with Crippen LogP contribution in [0, 0.1) is 5.82 Å². The van der Waals surface area contributed by atoms with Gasteiger partial charge in [-0.2, -0.15) is 11.8 Å². The molecular formula is C10H14FNOS2. The van der Waals surface area contributed by atoms with Crippen molar-refractivity contribution in [1.82, 2.24) is 0 Å². The molecule has 0 bridgehead atoms. The summed E-state index contributed by atoms with van der Waals surface area (Å²) in [7, 11) is -1.26. The fourth-order valence-corrected chi connectivity index (χ4v) is 3.17. The molecule has 2 N–H and O–H groups in total. The summed E-state index contributed by atoms with van der Waals surface area (Å²) in [6, 6.07) is 4.28. The number of nitrogens with two attached hydrogens (primary N) is 1.